The Kier molecular flexibility index (Phi) is 3.92. The van der Waals surface area contributed by atoms with Crippen molar-refractivity contribution < 1.29 is 9.84 Å². The molecule has 0 aliphatic carbocycles. The predicted octanol–water partition coefficient (Wildman–Crippen LogP) is 4.94. The number of aromatic hydroxyl groups is 1. The van der Waals surface area contributed by atoms with Crippen LogP contribution in [0.4, 0.5) is 5.69 Å². The average molecular weight is 343 g/mol. The first-order valence-electron chi connectivity index (χ1n) is 8.66. The summed E-state index contributed by atoms with van der Waals surface area (Å²) in [4.78, 5) is 0. The third-order valence-electron chi connectivity index (χ3n) is 4.96. The Morgan fingerprint density at radius 3 is 2.31 bits per heavy atom. The minimum absolute atomic E-state index is 0.204. The summed E-state index contributed by atoms with van der Waals surface area (Å²) in [6.07, 6.45) is 0. The van der Waals surface area contributed by atoms with E-state index >= 15 is 0 Å². The lowest BCUT2D eigenvalue weighted by atomic mass is 9.87. The van der Waals surface area contributed by atoms with Crippen molar-refractivity contribution in [2.24, 2.45) is 0 Å². The normalized spacial score (nSPS) is 13.3. The molecule has 0 fully saturated rings. The van der Waals surface area contributed by atoms with Gasteiger partial charge in [0.1, 0.15) is 18.1 Å². The van der Waals surface area contributed by atoms with E-state index < -0.39 is 0 Å². The molecule has 0 saturated heterocycles. The van der Waals surface area contributed by atoms with Crippen molar-refractivity contribution in [2.45, 2.75) is 13.8 Å². The highest BCUT2D eigenvalue weighted by molar-refractivity contribution is 6.02. The number of nitrogens with two attached hydrogens (primary N) is 1. The van der Waals surface area contributed by atoms with Gasteiger partial charge in [0.15, 0.2) is 0 Å². The van der Waals surface area contributed by atoms with Gasteiger partial charge in [0.2, 0.25) is 0 Å². The first-order chi connectivity index (χ1) is 12.5. The molecule has 0 aromatic heterocycles. The minimum atomic E-state index is 0.204. The zero-order chi connectivity index (χ0) is 18.3. The average Bonchev–Trinajstić information content (AvgIpc) is 2.64. The molecule has 3 aromatic rings. The van der Waals surface area contributed by atoms with Crippen molar-refractivity contribution in [1.29, 1.82) is 0 Å². The molecule has 4 rings (SSSR count). The fourth-order valence-corrected chi connectivity index (χ4v) is 3.36. The Balaban J connectivity index is 1.98. The highest BCUT2D eigenvalue weighted by Crippen LogP contribution is 2.42. The van der Waals surface area contributed by atoms with Crippen molar-refractivity contribution in [2.75, 3.05) is 12.3 Å². The van der Waals surface area contributed by atoms with E-state index in [-0.39, 0.29) is 5.75 Å². The van der Waals surface area contributed by atoms with Gasteiger partial charge in [-0.1, -0.05) is 30.3 Å². The van der Waals surface area contributed by atoms with Crippen molar-refractivity contribution in [3.05, 3.63) is 88.5 Å². The number of fused-ring (bicyclic) bond motifs is 1. The first kappa shape index (κ1) is 16.3. The first-order valence-corrected chi connectivity index (χ1v) is 8.66. The number of aryl methyl sites for hydroxylation is 2. The highest BCUT2D eigenvalue weighted by Gasteiger charge is 2.23. The van der Waals surface area contributed by atoms with Crippen LogP contribution >= 0.6 is 0 Å². The fraction of sp³-hybridized carbons (Fsp3) is 0.130. The summed E-state index contributed by atoms with van der Waals surface area (Å²) < 4.78 is 5.97. The molecule has 1 heterocycles. The molecule has 0 atom stereocenters. The van der Waals surface area contributed by atoms with Crippen LogP contribution in [0.2, 0.25) is 0 Å². The number of phenolic OH excluding ortho intramolecular Hbond substituents is 1. The Morgan fingerprint density at radius 2 is 1.58 bits per heavy atom. The van der Waals surface area contributed by atoms with Crippen LogP contribution in [0.15, 0.2) is 60.7 Å². The van der Waals surface area contributed by atoms with E-state index in [0.29, 0.717) is 12.4 Å². The van der Waals surface area contributed by atoms with Gasteiger partial charge in [0.25, 0.3) is 0 Å². The van der Waals surface area contributed by atoms with Crippen LogP contribution in [0, 0.1) is 13.8 Å². The monoisotopic (exact) mass is 343 g/mol. The van der Waals surface area contributed by atoms with Crippen molar-refractivity contribution in [3.8, 4) is 11.5 Å². The number of benzene rings is 3. The van der Waals surface area contributed by atoms with Crippen LogP contribution in [-0.4, -0.2) is 11.7 Å². The van der Waals surface area contributed by atoms with E-state index in [9.17, 15) is 5.11 Å². The molecule has 0 bridgehead atoms. The predicted molar refractivity (Wildman–Crippen MR) is 106 cm³/mol. The van der Waals surface area contributed by atoms with Crippen molar-refractivity contribution in [1.82, 2.24) is 0 Å². The molecule has 3 N–H and O–H groups in total. The largest absolute Gasteiger partial charge is 0.508 e. The molecule has 130 valence electrons. The molecule has 3 aromatic carbocycles. The van der Waals surface area contributed by atoms with Crippen LogP contribution in [0.25, 0.3) is 11.1 Å². The van der Waals surface area contributed by atoms with E-state index in [1.807, 2.05) is 30.3 Å². The summed E-state index contributed by atoms with van der Waals surface area (Å²) in [5, 5.41) is 9.82. The summed E-state index contributed by atoms with van der Waals surface area (Å²) >= 11 is 0. The summed E-state index contributed by atoms with van der Waals surface area (Å²) in [6, 6.07) is 19.7. The van der Waals surface area contributed by atoms with E-state index in [4.69, 9.17) is 10.5 Å². The molecule has 0 unspecified atom stereocenters. The van der Waals surface area contributed by atoms with Crippen LogP contribution in [-0.2, 0) is 0 Å². The maximum atomic E-state index is 9.82. The maximum absolute atomic E-state index is 9.82. The molecule has 0 amide bonds. The van der Waals surface area contributed by atoms with Crippen LogP contribution in [0.3, 0.4) is 0 Å². The molecule has 0 radical (unpaired) electrons. The molecular formula is C23H21NO2. The van der Waals surface area contributed by atoms with Gasteiger partial charge in [-0.15, -0.1) is 0 Å². The Morgan fingerprint density at radius 1 is 0.846 bits per heavy atom. The highest BCUT2D eigenvalue weighted by atomic mass is 16.5. The molecule has 0 spiro atoms. The number of nitrogen functional groups attached to an aromatic ring is 1. The number of phenols is 1. The van der Waals surface area contributed by atoms with Crippen LogP contribution in [0.1, 0.15) is 27.8 Å². The summed E-state index contributed by atoms with van der Waals surface area (Å²) in [5.74, 6) is 0.902. The number of hydrogen-bond donors (Lipinski definition) is 2. The molecule has 1 aliphatic heterocycles. The lowest BCUT2D eigenvalue weighted by molar-refractivity contribution is 0.361. The molecule has 3 nitrogen and oxygen atoms in total. The maximum Gasteiger partial charge on any atom is 0.131 e. The zero-order valence-electron chi connectivity index (χ0n) is 14.9. The second-order valence-corrected chi connectivity index (χ2v) is 6.74. The Bertz CT molecular complexity index is 1020. The molecule has 1 aliphatic rings. The van der Waals surface area contributed by atoms with Gasteiger partial charge >= 0.3 is 0 Å². The number of ether oxygens (including phenoxy) is 1. The third-order valence-corrected chi connectivity index (χ3v) is 4.96. The van der Waals surface area contributed by atoms with Gasteiger partial charge in [-0.25, -0.2) is 0 Å². The minimum Gasteiger partial charge on any atom is -0.508 e. The quantitative estimate of drug-likeness (QED) is 0.648. The second kappa shape index (κ2) is 6.26. The molecule has 3 heteroatoms. The van der Waals surface area contributed by atoms with Gasteiger partial charge in [-0.3, -0.25) is 0 Å². The lowest BCUT2D eigenvalue weighted by Crippen LogP contribution is -2.12. The van der Waals surface area contributed by atoms with E-state index in [0.717, 1.165) is 33.5 Å². The number of hydrogen-bond acceptors (Lipinski definition) is 3. The van der Waals surface area contributed by atoms with Gasteiger partial charge in [0, 0.05) is 22.9 Å². The summed E-state index contributed by atoms with van der Waals surface area (Å²) in [5.41, 5.74) is 14.6. The van der Waals surface area contributed by atoms with E-state index in [2.05, 4.69) is 32.0 Å². The SMILES string of the molecule is Cc1ccc(C2=C(c3ccc(N)cc3)c3ccc(O)cc3OC2)cc1C. The smallest absolute Gasteiger partial charge is 0.131 e. The molecular weight excluding hydrogens is 322 g/mol. The van der Waals surface area contributed by atoms with Gasteiger partial charge in [0.05, 0.1) is 0 Å². The zero-order valence-corrected chi connectivity index (χ0v) is 14.9. The Labute approximate surface area is 153 Å². The lowest BCUT2D eigenvalue weighted by Gasteiger charge is -2.25. The van der Waals surface area contributed by atoms with Gasteiger partial charge in [-0.2, -0.15) is 0 Å². The van der Waals surface area contributed by atoms with E-state index in [1.54, 1.807) is 12.1 Å². The second-order valence-electron chi connectivity index (χ2n) is 6.74. The van der Waals surface area contributed by atoms with Crippen molar-refractivity contribution in [3.63, 3.8) is 0 Å². The summed E-state index contributed by atoms with van der Waals surface area (Å²) in [7, 11) is 0. The third kappa shape index (κ3) is 2.82. The molecule has 26 heavy (non-hydrogen) atoms. The molecule has 0 saturated carbocycles. The van der Waals surface area contributed by atoms with Gasteiger partial charge in [-0.05, 0) is 65.9 Å². The summed E-state index contributed by atoms with van der Waals surface area (Å²) in [6.45, 7) is 4.69. The fourth-order valence-electron chi connectivity index (χ4n) is 3.36. The number of anilines is 1. The van der Waals surface area contributed by atoms with Crippen LogP contribution in [0.5, 0.6) is 11.5 Å². The van der Waals surface area contributed by atoms with E-state index in [1.165, 1.54) is 11.1 Å². The standard InChI is InChI=1S/C23H21NO2/c1-14-3-4-17(11-15(14)2)21-13-26-22-12-19(25)9-10-20(22)23(21)16-5-7-18(24)8-6-16/h3-12,25H,13,24H2,1-2H3. The topological polar surface area (TPSA) is 55.5 Å². The van der Waals surface area contributed by atoms with Gasteiger partial charge < -0.3 is 15.6 Å². The van der Waals surface area contributed by atoms with Crippen molar-refractivity contribution >= 4 is 16.8 Å². The number of rotatable bonds is 2. The Hall–Kier alpha value is -3.20. The van der Waals surface area contributed by atoms with Crippen LogP contribution < -0.4 is 10.5 Å².